The molecular weight excluding hydrogens is 426 g/mol. The van der Waals surface area contributed by atoms with Crippen LogP contribution in [0.3, 0.4) is 0 Å². The lowest BCUT2D eigenvalue weighted by Gasteiger charge is -2.26. The second-order valence-electron chi connectivity index (χ2n) is 6.69. The molecule has 2 aromatic carbocycles. The predicted octanol–water partition coefficient (Wildman–Crippen LogP) is 2.31. The minimum Gasteiger partial charge on any atom is -0.494 e. The third-order valence-corrected chi connectivity index (χ3v) is 6.57. The minimum atomic E-state index is -3.74. The number of nitro groups is 1. The van der Waals surface area contributed by atoms with Crippen LogP contribution in [0.5, 0.6) is 5.75 Å². The maximum atomic E-state index is 12.8. The van der Waals surface area contributed by atoms with E-state index < -0.39 is 20.7 Å². The first-order valence-electron chi connectivity index (χ1n) is 9.69. The van der Waals surface area contributed by atoms with Crippen LogP contribution in [0.1, 0.15) is 17.3 Å². The summed E-state index contributed by atoms with van der Waals surface area (Å²) in [6, 6.07) is 10.1. The maximum absolute atomic E-state index is 12.8. The van der Waals surface area contributed by atoms with Crippen molar-refractivity contribution in [1.82, 2.24) is 4.31 Å². The van der Waals surface area contributed by atoms with Gasteiger partial charge in [-0.2, -0.15) is 4.31 Å². The first kappa shape index (κ1) is 22.7. The molecule has 0 amide bonds. The third kappa shape index (κ3) is 5.37. The zero-order chi connectivity index (χ0) is 22.4. The molecule has 1 saturated heterocycles. The number of carbonyl (C=O) groups excluding carboxylic acids is 1. The Hall–Kier alpha value is -3.02. The molecule has 0 atom stereocenters. The number of nitro benzene ring substituents is 1. The van der Waals surface area contributed by atoms with Gasteiger partial charge in [-0.05, 0) is 31.2 Å². The minimum absolute atomic E-state index is 0.0206. The van der Waals surface area contributed by atoms with Crippen molar-refractivity contribution < 1.29 is 27.6 Å². The smallest absolute Gasteiger partial charge is 0.296 e. The van der Waals surface area contributed by atoms with E-state index in [1.165, 1.54) is 40.7 Å². The van der Waals surface area contributed by atoms with Crippen molar-refractivity contribution in [3.05, 3.63) is 58.1 Å². The molecule has 166 valence electrons. The summed E-state index contributed by atoms with van der Waals surface area (Å²) in [6.45, 7) is 3.05. The number of hydrogen-bond acceptors (Lipinski definition) is 8. The number of ketones is 1. The van der Waals surface area contributed by atoms with Gasteiger partial charge in [-0.1, -0.05) is 12.1 Å². The molecule has 0 spiro atoms. The van der Waals surface area contributed by atoms with Gasteiger partial charge < -0.3 is 14.8 Å². The molecule has 31 heavy (non-hydrogen) atoms. The number of benzene rings is 2. The number of carbonyl (C=O) groups is 1. The van der Waals surface area contributed by atoms with Crippen LogP contribution in [-0.2, 0) is 14.8 Å². The molecule has 2 aromatic rings. The highest BCUT2D eigenvalue weighted by atomic mass is 32.2. The average Bonchev–Trinajstić information content (AvgIpc) is 2.78. The van der Waals surface area contributed by atoms with Crippen LogP contribution >= 0.6 is 0 Å². The summed E-state index contributed by atoms with van der Waals surface area (Å²) in [5.41, 5.74) is 0.136. The van der Waals surface area contributed by atoms with Gasteiger partial charge in [-0.3, -0.25) is 14.9 Å². The van der Waals surface area contributed by atoms with Crippen molar-refractivity contribution in [1.29, 1.82) is 0 Å². The largest absolute Gasteiger partial charge is 0.494 e. The number of sulfonamides is 1. The molecule has 0 radical (unpaired) electrons. The number of nitrogens with one attached hydrogen (secondary N) is 1. The van der Waals surface area contributed by atoms with Crippen molar-refractivity contribution in [3.8, 4) is 5.75 Å². The fourth-order valence-electron chi connectivity index (χ4n) is 3.11. The lowest BCUT2D eigenvalue weighted by molar-refractivity contribution is -0.384. The van der Waals surface area contributed by atoms with Crippen molar-refractivity contribution in [2.75, 3.05) is 44.8 Å². The Labute approximate surface area is 180 Å². The van der Waals surface area contributed by atoms with Crippen LogP contribution in [0, 0.1) is 10.1 Å². The van der Waals surface area contributed by atoms with E-state index in [2.05, 4.69) is 5.32 Å². The Kier molecular flexibility index (Phi) is 7.21. The van der Waals surface area contributed by atoms with Gasteiger partial charge in [-0.25, -0.2) is 8.42 Å². The maximum Gasteiger partial charge on any atom is 0.296 e. The Bertz CT molecular complexity index is 1070. The second-order valence-corrected chi connectivity index (χ2v) is 8.63. The number of ether oxygens (including phenoxy) is 2. The number of Topliss-reactive ketones (excluding diaryl/α,β-unsaturated/α-hetero) is 1. The summed E-state index contributed by atoms with van der Waals surface area (Å²) in [6.07, 6.45) is 0. The molecule has 1 heterocycles. The van der Waals surface area contributed by atoms with Gasteiger partial charge in [0.25, 0.3) is 5.69 Å². The highest BCUT2D eigenvalue weighted by Gasteiger charge is 2.27. The van der Waals surface area contributed by atoms with Crippen LogP contribution in [0.15, 0.2) is 47.4 Å². The lowest BCUT2D eigenvalue weighted by atomic mass is 10.1. The Morgan fingerprint density at radius 1 is 1.23 bits per heavy atom. The van der Waals surface area contributed by atoms with Gasteiger partial charge in [0.05, 0.1) is 42.3 Å². The normalized spacial score (nSPS) is 14.7. The van der Waals surface area contributed by atoms with Gasteiger partial charge in [0, 0.05) is 18.7 Å². The fraction of sp³-hybridized carbons (Fsp3) is 0.350. The SMILES string of the molecule is CCOc1ccc(NCC(=O)c2cccc(S(=O)(=O)N3CCOCC3)c2)c([N+](=O)[O-])c1. The van der Waals surface area contributed by atoms with E-state index in [-0.39, 0.29) is 41.5 Å². The fourth-order valence-corrected chi connectivity index (χ4v) is 4.57. The number of hydrogen-bond donors (Lipinski definition) is 1. The first-order valence-corrected chi connectivity index (χ1v) is 11.1. The average molecular weight is 449 g/mol. The number of anilines is 1. The highest BCUT2D eigenvalue weighted by Crippen LogP contribution is 2.29. The Morgan fingerprint density at radius 3 is 2.65 bits per heavy atom. The topological polar surface area (TPSA) is 128 Å². The Balaban J connectivity index is 1.75. The Morgan fingerprint density at radius 2 is 1.97 bits per heavy atom. The zero-order valence-electron chi connectivity index (χ0n) is 16.9. The van der Waals surface area contributed by atoms with E-state index in [9.17, 15) is 23.3 Å². The van der Waals surface area contributed by atoms with Gasteiger partial charge >= 0.3 is 0 Å². The molecule has 3 rings (SSSR count). The summed E-state index contributed by atoms with van der Waals surface area (Å²) >= 11 is 0. The molecular formula is C20H23N3O7S. The van der Waals surface area contributed by atoms with Crippen LogP contribution in [0.2, 0.25) is 0 Å². The summed E-state index contributed by atoms with van der Waals surface area (Å²) in [5, 5.41) is 14.1. The summed E-state index contributed by atoms with van der Waals surface area (Å²) < 4.78 is 37.4. The van der Waals surface area contributed by atoms with E-state index in [4.69, 9.17) is 9.47 Å². The number of morpholine rings is 1. The predicted molar refractivity (Wildman–Crippen MR) is 113 cm³/mol. The second kappa shape index (κ2) is 9.86. The van der Waals surface area contributed by atoms with Gasteiger partial charge in [0.1, 0.15) is 11.4 Å². The molecule has 0 aromatic heterocycles. The van der Waals surface area contributed by atoms with E-state index in [1.54, 1.807) is 13.0 Å². The molecule has 0 unspecified atom stereocenters. The van der Waals surface area contributed by atoms with Gasteiger partial charge in [0.2, 0.25) is 10.0 Å². The van der Waals surface area contributed by atoms with Gasteiger partial charge in [0.15, 0.2) is 5.78 Å². The molecule has 1 fully saturated rings. The first-order chi connectivity index (χ1) is 14.8. The van der Waals surface area contributed by atoms with E-state index in [1.807, 2.05) is 0 Å². The third-order valence-electron chi connectivity index (χ3n) is 4.68. The van der Waals surface area contributed by atoms with Crippen LogP contribution in [0.4, 0.5) is 11.4 Å². The number of rotatable bonds is 9. The van der Waals surface area contributed by atoms with Crippen molar-refractivity contribution in [2.45, 2.75) is 11.8 Å². The molecule has 0 bridgehead atoms. The van der Waals surface area contributed by atoms with E-state index >= 15 is 0 Å². The monoisotopic (exact) mass is 449 g/mol. The highest BCUT2D eigenvalue weighted by molar-refractivity contribution is 7.89. The summed E-state index contributed by atoms with van der Waals surface area (Å²) in [7, 11) is -3.74. The van der Waals surface area contributed by atoms with E-state index in [0.717, 1.165) is 0 Å². The van der Waals surface area contributed by atoms with Crippen molar-refractivity contribution >= 4 is 27.2 Å². The van der Waals surface area contributed by atoms with Crippen LogP contribution in [-0.4, -0.2) is 62.9 Å². The summed E-state index contributed by atoms with van der Waals surface area (Å²) in [4.78, 5) is 23.4. The summed E-state index contributed by atoms with van der Waals surface area (Å²) in [5.74, 6) is -0.0469. The van der Waals surface area contributed by atoms with Crippen molar-refractivity contribution in [3.63, 3.8) is 0 Å². The zero-order valence-corrected chi connectivity index (χ0v) is 17.8. The standard InChI is InChI=1S/C20H23N3O7S/c1-2-30-16-6-7-18(19(13-16)23(25)26)21-14-20(24)15-4-3-5-17(12-15)31(27,28)22-8-10-29-11-9-22/h3-7,12-13,21H,2,8-11,14H2,1H3. The van der Waals surface area contributed by atoms with Crippen LogP contribution in [0.25, 0.3) is 0 Å². The molecule has 0 saturated carbocycles. The molecule has 11 heteroatoms. The van der Waals surface area contributed by atoms with Gasteiger partial charge in [-0.15, -0.1) is 0 Å². The van der Waals surface area contributed by atoms with Crippen molar-refractivity contribution in [2.24, 2.45) is 0 Å². The molecule has 1 N–H and O–H groups in total. The lowest BCUT2D eigenvalue weighted by Crippen LogP contribution is -2.40. The molecule has 1 aliphatic rings. The quantitative estimate of drug-likeness (QED) is 0.351. The molecule has 0 aliphatic carbocycles. The van der Waals surface area contributed by atoms with E-state index in [0.29, 0.717) is 25.6 Å². The van der Waals surface area contributed by atoms with Crippen LogP contribution < -0.4 is 10.1 Å². The molecule has 10 nitrogen and oxygen atoms in total. The molecule has 1 aliphatic heterocycles. The number of nitrogens with zero attached hydrogens (tertiary/aromatic N) is 2.